The summed E-state index contributed by atoms with van der Waals surface area (Å²) in [6, 6.07) is 20.2. The maximum Gasteiger partial charge on any atom is 0.172 e. The minimum absolute atomic E-state index is 0.555. The molecule has 1 heterocycles. The van der Waals surface area contributed by atoms with Gasteiger partial charge in [0.1, 0.15) is 0 Å². The van der Waals surface area contributed by atoms with E-state index in [4.69, 9.17) is 4.52 Å². The van der Waals surface area contributed by atoms with E-state index in [9.17, 15) is 5.11 Å². The lowest BCUT2D eigenvalue weighted by Crippen LogP contribution is -2.01. The summed E-state index contributed by atoms with van der Waals surface area (Å²) in [5, 5.41) is 14.7. The standard InChI is InChI=1S/C20H21NO2/c1-15-19(20(23-21-15)17-12-6-3-7-13-17)18(22)14-8-11-16-9-4-2-5-10-16/h2-7,9-10,12-13,18,22H,8,11,14H2,1H3. The summed E-state index contributed by atoms with van der Waals surface area (Å²) in [6.07, 6.45) is 2.02. The predicted molar refractivity (Wildman–Crippen MR) is 91.0 cm³/mol. The lowest BCUT2D eigenvalue weighted by molar-refractivity contribution is 0.164. The quantitative estimate of drug-likeness (QED) is 0.717. The van der Waals surface area contributed by atoms with Crippen LogP contribution in [0, 0.1) is 6.92 Å². The van der Waals surface area contributed by atoms with Gasteiger partial charge < -0.3 is 9.63 Å². The number of hydrogen-bond donors (Lipinski definition) is 1. The topological polar surface area (TPSA) is 46.3 Å². The van der Waals surface area contributed by atoms with E-state index in [1.54, 1.807) is 0 Å². The summed E-state index contributed by atoms with van der Waals surface area (Å²) in [5.41, 5.74) is 3.82. The lowest BCUT2D eigenvalue weighted by atomic mass is 9.97. The average Bonchev–Trinajstić information content (AvgIpc) is 2.98. The first-order valence-corrected chi connectivity index (χ1v) is 7.99. The van der Waals surface area contributed by atoms with Crippen molar-refractivity contribution >= 4 is 0 Å². The maximum atomic E-state index is 10.6. The molecule has 0 aliphatic rings. The summed E-state index contributed by atoms with van der Waals surface area (Å²) in [6.45, 7) is 1.88. The minimum atomic E-state index is -0.555. The van der Waals surface area contributed by atoms with E-state index >= 15 is 0 Å². The van der Waals surface area contributed by atoms with E-state index in [2.05, 4.69) is 17.3 Å². The Morgan fingerprint density at radius 1 is 1.00 bits per heavy atom. The summed E-state index contributed by atoms with van der Waals surface area (Å²) in [7, 11) is 0. The van der Waals surface area contributed by atoms with Crippen LogP contribution in [0.2, 0.25) is 0 Å². The Kier molecular flexibility index (Phi) is 4.89. The van der Waals surface area contributed by atoms with E-state index in [1.165, 1.54) is 5.56 Å². The van der Waals surface area contributed by atoms with Gasteiger partial charge >= 0.3 is 0 Å². The Morgan fingerprint density at radius 2 is 1.65 bits per heavy atom. The van der Waals surface area contributed by atoms with Crippen molar-refractivity contribution in [2.45, 2.75) is 32.3 Å². The zero-order valence-corrected chi connectivity index (χ0v) is 13.3. The second kappa shape index (κ2) is 7.25. The van der Waals surface area contributed by atoms with Gasteiger partial charge in [-0.25, -0.2) is 0 Å². The Bertz CT molecular complexity index is 735. The highest BCUT2D eigenvalue weighted by Gasteiger charge is 2.21. The second-order valence-corrected chi connectivity index (χ2v) is 5.77. The summed E-state index contributed by atoms with van der Waals surface area (Å²) in [4.78, 5) is 0. The van der Waals surface area contributed by atoms with Gasteiger partial charge in [-0.1, -0.05) is 65.8 Å². The molecule has 1 unspecified atom stereocenters. The molecule has 1 aromatic heterocycles. The molecule has 0 saturated carbocycles. The van der Waals surface area contributed by atoms with Crippen LogP contribution in [-0.4, -0.2) is 10.3 Å². The molecule has 3 aromatic rings. The van der Waals surface area contributed by atoms with E-state index in [-0.39, 0.29) is 0 Å². The molecule has 1 N–H and O–H groups in total. The van der Waals surface area contributed by atoms with Crippen LogP contribution >= 0.6 is 0 Å². The molecule has 0 aliphatic carbocycles. The molecule has 0 amide bonds. The number of aromatic nitrogens is 1. The summed E-state index contributed by atoms with van der Waals surface area (Å²) >= 11 is 0. The molecule has 3 rings (SSSR count). The third kappa shape index (κ3) is 3.69. The first kappa shape index (κ1) is 15.5. The summed E-state index contributed by atoms with van der Waals surface area (Å²) < 4.78 is 5.46. The van der Waals surface area contributed by atoms with Gasteiger partial charge in [0.05, 0.1) is 17.4 Å². The highest BCUT2D eigenvalue weighted by atomic mass is 16.5. The van der Waals surface area contributed by atoms with Gasteiger partial charge in [-0.15, -0.1) is 0 Å². The molecule has 118 valence electrons. The number of rotatable bonds is 6. The predicted octanol–water partition coefficient (Wildman–Crippen LogP) is 4.71. The molecule has 2 aromatic carbocycles. The van der Waals surface area contributed by atoms with Crippen LogP contribution in [0.5, 0.6) is 0 Å². The second-order valence-electron chi connectivity index (χ2n) is 5.77. The maximum absolute atomic E-state index is 10.6. The van der Waals surface area contributed by atoms with Gasteiger partial charge in [-0.3, -0.25) is 0 Å². The molecule has 0 bridgehead atoms. The van der Waals surface area contributed by atoms with Crippen LogP contribution in [0.15, 0.2) is 65.2 Å². The highest BCUT2D eigenvalue weighted by Crippen LogP contribution is 2.33. The van der Waals surface area contributed by atoms with Crippen LogP contribution in [0.3, 0.4) is 0 Å². The monoisotopic (exact) mass is 307 g/mol. The van der Waals surface area contributed by atoms with Crippen LogP contribution in [0.1, 0.15) is 35.8 Å². The Labute approximate surface area is 136 Å². The molecule has 1 atom stereocenters. The van der Waals surface area contributed by atoms with Crippen molar-refractivity contribution in [1.29, 1.82) is 0 Å². The minimum Gasteiger partial charge on any atom is -0.388 e. The molecule has 0 radical (unpaired) electrons. The van der Waals surface area contributed by atoms with Gasteiger partial charge in [0.2, 0.25) is 0 Å². The zero-order valence-electron chi connectivity index (χ0n) is 13.3. The van der Waals surface area contributed by atoms with Crippen molar-refractivity contribution in [3.63, 3.8) is 0 Å². The van der Waals surface area contributed by atoms with Crippen molar-refractivity contribution in [3.8, 4) is 11.3 Å². The normalized spacial score (nSPS) is 12.3. The fourth-order valence-electron chi connectivity index (χ4n) is 2.86. The molecule has 0 fully saturated rings. The third-order valence-corrected chi connectivity index (χ3v) is 4.06. The van der Waals surface area contributed by atoms with Gasteiger partial charge in [0.25, 0.3) is 0 Å². The van der Waals surface area contributed by atoms with Crippen LogP contribution in [0.25, 0.3) is 11.3 Å². The Morgan fingerprint density at radius 3 is 2.35 bits per heavy atom. The van der Waals surface area contributed by atoms with Crippen molar-refractivity contribution in [2.24, 2.45) is 0 Å². The largest absolute Gasteiger partial charge is 0.388 e. The molecular formula is C20H21NO2. The van der Waals surface area contributed by atoms with Crippen molar-refractivity contribution in [2.75, 3.05) is 0 Å². The van der Waals surface area contributed by atoms with Crippen LogP contribution in [-0.2, 0) is 6.42 Å². The highest BCUT2D eigenvalue weighted by molar-refractivity contribution is 5.62. The first-order valence-electron chi connectivity index (χ1n) is 7.99. The van der Waals surface area contributed by atoms with Gasteiger partial charge in [-0.05, 0) is 31.7 Å². The molecule has 0 spiro atoms. The van der Waals surface area contributed by atoms with E-state index < -0.39 is 6.10 Å². The average molecular weight is 307 g/mol. The first-order chi connectivity index (χ1) is 11.3. The van der Waals surface area contributed by atoms with Gasteiger partial charge in [0.15, 0.2) is 5.76 Å². The SMILES string of the molecule is Cc1noc(-c2ccccc2)c1C(O)CCCc1ccccc1. The molecular weight excluding hydrogens is 286 g/mol. The number of aliphatic hydroxyl groups excluding tert-OH is 1. The van der Waals surface area contributed by atoms with Gasteiger partial charge in [-0.2, -0.15) is 0 Å². The smallest absolute Gasteiger partial charge is 0.172 e. The third-order valence-electron chi connectivity index (χ3n) is 4.06. The Hall–Kier alpha value is -2.39. The van der Waals surface area contributed by atoms with E-state index in [0.29, 0.717) is 12.2 Å². The number of aliphatic hydroxyl groups is 1. The number of benzene rings is 2. The van der Waals surface area contributed by atoms with Gasteiger partial charge in [0, 0.05) is 5.56 Å². The van der Waals surface area contributed by atoms with Crippen LogP contribution in [0.4, 0.5) is 0 Å². The fraction of sp³-hybridized carbons (Fsp3) is 0.250. The molecule has 0 saturated heterocycles. The van der Waals surface area contributed by atoms with E-state index in [1.807, 2.05) is 55.5 Å². The lowest BCUT2D eigenvalue weighted by Gasteiger charge is -2.11. The van der Waals surface area contributed by atoms with E-state index in [0.717, 1.165) is 29.7 Å². The summed E-state index contributed by atoms with van der Waals surface area (Å²) in [5.74, 6) is 0.676. The Balaban J connectivity index is 1.70. The fourth-order valence-corrected chi connectivity index (χ4v) is 2.86. The van der Waals surface area contributed by atoms with Crippen molar-refractivity contribution < 1.29 is 9.63 Å². The van der Waals surface area contributed by atoms with Crippen molar-refractivity contribution in [1.82, 2.24) is 5.16 Å². The molecule has 3 nitrogen and oxygen atoms in total. The molecule has 0 aliphatic heterocycles. The number of hydrogen-bond acceptors (Lipinski definition) is 3. The number of nitrogens with zero attached hydrogens (tertiary/aromatic N) is 1. The zero-order chi connectivity index (χ0) is 16.1. The molecule has 3 heteroatoms. The number of aryl methyl sites for hydroxylation is 2. The van der Waals surface area contributed by atoms with Crippen molar-refractivity contribution in [3.05, 3.63) is 77.5 Å². The van der Waals surface area contributed by atoms with Crippen LogP contribution < -0.4 is 0 Å². The molecule has 23 heavy (non-hydrogen) atoms.